The van der Waals surface area contributed by atoms with Crippen molar-refractivity contribution < 1.29 is 14.2 Å². The van der Waals surface area contributed by atoms with E-state index in [-0.39, 0.29) is 36.2 Å². The van der Waals surface area contributed by atoms with E-state index in [2.05, 4.69) is 41.4 Å². The van der Waals surface area contributed by atoms with Gasteiger partial charge in [-0.1, -0.05) is 24.3 Å². The van der Waals surface area contributed by atoms with Crippen molar-refractivity contribution in [2.45, 2.75) is 45.1 Å². The molecule has 0 bridgehead atoms. The van der Waals surface area contributed by atoms with Crippen molar-refractivity contribution in [1.82, 2.24) is 10.2 Å². The SMILES string of the molecule is CCNC(=NCc1cccc(COC)c1)N1CCOC(C2CCCO2)C1.I. The molecule has 0 aliphatic carbocycles. The van der Waals surface area contributed by atoms with Crippen LogP contribution in [-0.4, -0.2) is 63.0 Å². The second-order valence-electron chi connectivity index (χ2n) is 6.83. The van der Waals surface area contributed by atoms with Crippen LogP contribution in [0.15, 0.2) is 29.3 Å². The number of nitrogens with one attached hydrogen (secondary N) is 1. The number of hydrogen-bond acceptors (Lipinski definition) is 4. The van der Waals surface area contributed by atoms with E-state index in [0.717, 1.165) is 51.6 Å². The summed E-state index contributed by atoms with van der Waals surface area (Å²) >= 11 is 0. The van der Waals surface area contributed by atoms with Crippen LogP contribution in [0.1, 0.15) is 30.9 Å². The van der Waals surface area contributed by atoms with Crippen LogP contribution in [0, 0.1) is 0 Å². The van der Waals surface area contributed by atoms with Crippen molar-refractivity contribution in [2.75, 3.05) is 40.0 Å². The lowest BCUT2D eigenvalue weighted by Gasteiger charge is -2.37. The van der Waals surface area contributed by atoms with Crippen LogP contribution in [0.5, 0.6) is 0 Å². The zero-order valence-electron chi connectivity index (χ0n) is 16.4. The standard InChI is InChI=1S/C20H31N3O3.HI/c1-3-21-20(22-13-16-6-4-7-17(12-16)15-24-2)23-9-11-26-19(14-23)18-8-5-10-25-18;/h4,6-7,12,18-19H,3,5,8-11,13-15H2,1-2H3,(H,21,22);1H. The Morgan fingerprint density at radius 2 is 2.07 bits per heavy atom. The number of rotatable bonds is 6. The third kappa shape index (κ3) is 6.58. The maximum absolute atomic E-state index is 5.96. The first-order valence-corrected chi connectivity index (χ1v) is 9.63. The fourth-order valence-corrected chi connectivity index (χ4v) is 3.56. The molecule has 27 heavy (non-hydrogen) atoms. The van der Waals surface area contributed by atoms with Crippen molar-refractivity contribution in [3.63, 3.8) is 0 Å². The number of hydrogen-bond donors (Lipinski definition) is 1. The molecular weight excluding hydrogens is 457 g/mol. The minimum absolute atomic E-state index is 0. The molecule has 2 saturated heterocycles. The largest absolute Gasteiger partial charge is 0.380 e. The number of aliphatic imine (C=N–C) groups is 1. The van der Waals surface area contributed by atoms with Crippen LogP contribution < -0.4 is 5.32 Å². The number of halogens is 1. The number of guanidine groups is 1. The van der Waals surface area contributed by atoms with Crippen LogP contribution >= 0.6 is 24.0 Å². The maximum atomic E-state index is 5.96. The fraction of sp³-hybridized carbons (Fsp3) is 0.650. The van der Waals surface area contributed by atoms with Crippen molar-refractivity contribution in [3.8, 4) is 0 Å². The summed E-state index contributed by atoms with van der Waals surface area (Å²) < 4.78 is 17.0. The van der Waals surface area contributed by atoms with E-state index >= 15 is 0 Å². The van der Waals surface area contributed by atoms with Gasteiger partial charge in [0.05, 0.1) is 25.9 Å². The lowest BCUT2D eigenvalue weighted by Crippen LogP contribution is -2.53. The summed E-state index contributed by atoms with van der Waals surface area (Å²) in [6, 6.07) is 8.41. The number of nitrogens with zero attached hydrogens (tertiary/aromatic N) is 2. The average Bonchev–Trinajstić information content (AvgIpc) is 3.21. The zero-order valence-corrected chi connectivity index (χ0v) is 18.7. The van der Waals surface area contributed by atoms with E-state index < -0.39 is 0 Å². The van der Waals surface area contributed by atoms with Gasteiger partial charge in [-0.2, -0.15) is 0 Å². The third-order valence-corrected chi connectivity index (χ3v) is 4.82. The van der Waals surface area contributed by atoms with Gasteiger partial charge in [0.2, 0.25) is 0 Å². The van der Waals surface area contributed by atoms with Crippen molar-refractivity contribution >= 4 is 29.9 Å². The predicted octanol–water partition coefficient (Wildman–Crippen LogP) is 2.80. The average molecular weight is 489 g/mol. The summed E-state index contributed by atoms with van der Waals surface area (Å²) in [5.41, 5.74) is 2.37. The number of ether oxygens (including phenoxy) is 3. The molecular formula is C20H32IN3O3. The molecule has 1 N–H and O–H groups in total. The molecule has 2 atom stereocenters. The van der Waals surface area contributed by atoms with Crippen LogP contribution in [0.25, 0.3) is 0 Å². The van der Waals surface area contributed by atoms with Gasteiger partial charge in [0.15, 0.2) is 5.96 Å². The lowest BCUT2D eigenvalue weighted by atomic mass is 10.1. The number of benzene rings is 1. The van der Waals surface area contributed by atoms with Gasteiger partial charge in [-0.25, -0.2) is 4.99 Å². The Kier molecular flexibility index (Phi) is 9.81. The first-order chi connectivity index (χ1) is 12.8. The summed E-state index contributed by atoms with van der Waals surface area (Å²) in [4.78, 5) is 7.17. The second-order valence-corrected chi connectivity index (χ2v) is 6.83. The summed E-state index contributed by atoms with van der Waals surface area (Å²) in [5, 5.41) is 3.43. The highest BCUT2D eigenvalue weighted by Crippen LogP contribution is 2.21. The highest BCUT2D eigenvalue weighted by atomic mass is 127. The molecule has 2 heterocycles. The van der Waals surface area contributed by atoms with E-state index in [1.54, 1.807) is 7.11 Å². The fourth-order valence-electron chi connectivity index (χ4n) is 3.56. The smallest absolute Gasteiger partial charge is 0.194 e. The maximum Gasteiger partial charge on any atom is 0.194 e. The van der Waals surface area contributed by atoms with Crippen LogP contribution in [0.3, 0.4) is 0 Å². The lowest BCUT2D eigenvalue weighted by molar-refractivity contribution is -0.0817. The molecule has 0 saturated carbocycles. The third-order valence-electron chi connectivity index (χ3n) is 4.82. The molecule has 152 valence electrons. The Balaban J connectivity index is 0.00000261. The Hall–Kier alpha value is -0.900. The van der Waals surface area contributed by atoms with Gasteiger partial charge in [0.25, 0.3) is 0 Å². The quantitative estimate of drug-likeness (QED) is 0.379. The topological polar surface area (TPSA) is 55.3 Å². The highest BCUT2D eigenvalue weighted by Gasteiger charge is 2.32. The van der Waals surface area contributed by atoms with Gasteiger partial charge in [0.1, 0.15) is 6.10 Å². The molecule has 2 aliphatic rings. The van der Waals surface area contributed by atoms with E-state index in [0.29, 0.717) is 13.2 Å². The van der Waals surface area contributed by atoms with E-state index in [1.807, 2.05) is 0 Å². The molecule has 1 aromatic rings. The minimum atomic E-state index is 0. The summed E-state index contributed by atoms with van der Waals surface area (Å²) in [5.74, 6) is 0.955. The van der Waals surface area contributed by atoms with Crippen LogP contribution in [-0.2, 0) is 27.4 Å². The van der Waals surface area contributed by atoms with Crippen molar-refractivity contribution in [1.29, 1.82) is 0 Å². The molecule has 3 rings (SSSR count). The zero-order chi connectivity index (χ0) is 18.2. The van der Waals surface area contributed by atoms with Gasteiger partial charge in [-0.15, -0.1) is 24.0 Å². The molecule has 0 aromatic heterocycles. The molecule has 0 amide bonds. The Morgan fingerprint density at radius 1 is 1.26 bits per heavy atom. The molecule has 7 heteroatoms. The minimum Gasteiger partial charge on any atom is -0.380 e. The molecule has 0 spiro atoms. The molecule has 2 unspecified atom stereocenters. The molecule has 0 radical (unpaired) electrons. The van der Waals surface area contributed by atoms with Gasteiger partial charge < -0.3 is 24.4 Å². The molecule has 2 aliphatic heterocycles. The number of methoxy groups -OCH3 is 1. The highest BCUT2D eigenvalue weighted by molar-refractivity contribution is 14.0. The molecule has 1 aromatic carbocycles. The predicted molar refractivity (Wildman–Crippen MR) is 118 cm³/mol. The summed E-state index contributed by atoms with van der Waals surface area (Å²) in [6.07, 6.45) is 2.60. The Labute approximate surface area is 179 Å². The van der Waals surface area contributed by atoms with E-state index in [4.69, 9.17) is 19.2 Å². The van der Waals surface area contributed by atoms with Crippen molar-refractivity contribution in [3.05, 3.63) is 35.4 Å². The van der Waals surface area contributed by atoms with Crippen LogP contribution in [0.4, 0.5) is 0 Å². The second kappa shape index (κ2) is 11.8. The van der Waals surface area contributed by atoms with E-state index in [9.17, 15) is 0 Å². The molecule has 6 nitrogen and oxygen atoms in total. The normalized spacial score (nSPS) is 23.2. The van der Waals surface area contributed by atoms with Gasteiger partial charge in [0, 0.05) is 33.4 Å². The first kappa shape index (κ1) is 22.4. The first-order valence-electron chi connectivity index (χ1n) is 9.63. The van der Waals surface area contributed by atoms with Gasteiger partial charge in [-0.3, -0.25) is 0 Å². The van der Waals surface area contributed by atoms with E-state index in [1.165, 1.54) is 11.1 Å². The Morgan fingerprint density at radius 3 is 2.81 bits per heavy atom. The van der Waals surface area contributed by atoms with Crippen molar-refractivity contribution in [2.24, 2.45) is 4.99 Å². The summed E-state index contributed by atoms with van der Waals surface area (Å²) in [6.45, 7) is 7.51. The van der Waals surface area contributed by atoms with Gasteiger partial charge in [-0.05, 0) is 30.9 Å². The molecule has 2 fully saturated rings. The Bertz CT molecular complexity index is 594. The van der Waals surface area contributed by atoms with Gasteiger partial charge >= 0.3 is 0 Å². The van der Waals surface area contributed by atoms with Crippen LogP contribution in [0.2, 0.25) is 0 Å². The number of morpholine rings is 1. The summed E-state index contributed by atoms with van der Waals surface area (Å²) in [7, 11) is 1.72. The monoisotopic (exact) mass is 489 g/mol.